The van der Waals surface area contributed by atoms with Gasteiger partial charge in [0, 0.05) is 36.7 Å². The van der Waals surface area contributed by atoms with Crippen LogP contribution in [0, 0.1) is 0 Å². The van der Waals surface area contributed by atoms with Gasteiger partial charge < -0.3 is 9.64 Å². The lowest BCUT2D eigenvalue weighted by Crippen LogP contribution is -2.42. The van der Waals surface area contributed by atoms with E-state index in [1.807, 2.05) is 29.2 Å². The number of hydrogen-bond acceptors (Lipinski definition) is 4. The number of halogens is 2. The van der Waals surface area contributed by atoms with Crippen molar-refractivity contribution in [3.8, 4) is 17.0 Å². The number of aromatic amines is 1. The van der Waals surface area contributed by atoms with Crippen molar-refractivity contribution in [3.05, 3.63) is 36.0 Å². The van der Waals surface area contributed by atoms with Crippen molar-refractivity contribution >= 4 is 0 Å². The fraction of sp³-hybridized carbons (Fsp3) is 0.571. The fourth-order valence-corrected chi connectivity index (χ4v) is 4.50. The third-order valence-electron chi connectivity index (χ3n) is 5.87. The largest absolute Gasteiger partial charge is 0.496 e. The molecule has 0 saturated carbocycles. The predicted molar refractivity (Wildman–Crippen MR) is 105 cm³/mol. The Bertz CT molecular complexity index is 788. The first-order chi connectivity index (χ1) is 13.6. The molecule has 2 aliphatic heterocycles. The van der Waals surface area contributed by atoms with Gasteiger partial charge in [-0.1, -0.05) is 18.6 Å². The average Bonchev–Trinajstić information content (AvgIpc) is 3.26. The zero-order valence-electron chi connectivity index (χ0n) is 16.3. The van der Waals surface area contributed by atoms with Gasteiger partial charge in [-0.15, -0.1) is 0 Å². The Morgan fingerprint density at radius 2 is 2.00 bits per heavy atom. The lowest BCUT2D eigenvalue weighted by Gasteiger charge is -2.32. The number of aromatic nitrogens is 2. The molecule has 1 aromatic heterocycles. The maximum atomic E-state index is 14.3. The van der Waals surface area contributed by atoms with Crippen LogP contribution in [-0.2, 0) is 6.54 Å². The zero-order chi connectivity index (χ0) is 19.6. The second-order valence-electron chi connectivity index (χ2n) is 7.95. The Labute approximate surface area is 164 Å². The number of piperidine rings is 1. The number of methoxy groups -OCH3 is 1. The lowest BCUT2D eigenvalue weighted by atomic mass is 10.1. The summed E-state index contributed by atoms with van der Waals surface area (Å²) in [5.41, 5.74) is 2.66. The smallest absolute Gasteiger partial charge is 0.262 e. The summed E-state index contributed by atoms with van der Waals surface area (Å²) in [7, 11) is 1.63. The van der Waals surface area contributed by atoms with Crippen LogP contribution >= 0.6 is 0 Å². The Morgan fingerprint density at radius 3 is 2.79 bits per heavy atom. The normalized spacial score (nSPS) is 23.2. The first-order valence-electron chi connectivity index (χ1n) is 10.1. The molecule has 2 saturated heterocycles. The van der Waals surface area contributed by atoms with Crippen LogP contribution in [0.5, 0.6) is 5.75 Å². The van der Waals surface area contributed by atoms with E-state index >= 15 is 0 Å². The monoisotopic (exact) mass is 390 g/mol. The van der Waals surface area contributed by atoms with E-state index in [-0.39, 0.29) is 19.0 Å². The molecule has 0 aliphatic carbocycles. The summed E-state index contributed by atoms with van der Waals surface area (Å²) in [5, 5.41) is 7.22. The first-order valence-corrected chi connectivity index (χ1v) is 10.1. The van der Waals surface area contributed by atoms with E-state index in [4.69, 9.17) is 4.74 Å². The second kappa shape index (κ2) is 8.17. The maximum absolute atomic E-state index is 14.3. The van der Waals surface area contributed by atoms with E-state index in [1.54, 1.807) is 13.3 Å². The molecule has 5 nitrogen and oxygen atoms in total. The van der Waals surface area contributed by atoms with Crippen LogP contribution in [-0.4, -0.2) is 65.3 Å². The minimum Gasteiger partial charge on any atom is -0.496 e. The van der Waals surface area contributed by atoms with E-state index in [0.717, 1.165) is 42.2 Å². The van der Waals surface area contributed by atoms with Crippen LogP contribution in [0.25, 0.3) is 11.3 Å². The molecule has 1 N–H and O–H groups in total. The molecule has 3 heterocycles. The highest BCUT2D eigenvalue weighted by atomic mass is 19.3. The van der Waals surface area contributed by atoms with Gasteiger partial charge in [-0.25, -0.2) is 8.78 Å². The highest BCUT2D eigenvalue weighted by Gasteiger charge is 2.45. The molecule has 2 aliphatic rings. The van der Waals surface area contributed by atoms with Crippen molar-refractivity contribution in [3.63, 3.8) is 0 Å². The van der Waals surface area contributed by atoms with Gasteiger partial charge in [0.15, 0.2) is 0 Å². The molecule has 0 amide bonds. The summed E-state index contributed by atoms with van der Waals surface area (Å²) in [6.07, 6.45) is 5.27. The number of nitrogens with one attached hydrogen (secondary N) is 1. The number of rotatable bonds is 6. The number of nitrogens with zero attached hydrogens (tertiary/aromatic N) is 3. The van der Waals surface area contributed by atoms with E-state index in [9.17, 15) is 8.78 Å². The Morgan fingerprint density at radius 1 is 1.21 bits per heavy atom. The van der Waals surface area contributed by atoms with Crippen LogP contribution in [0.4, 0.5) is 8.78 Å². The van der Waals surface area contributed by atoms with Gasteiger partial charge in [-0.2, -0.15) is 5.10 Å². The molecule has 0 spiro atoms. The summed E-state index contributed by atoms with van der Waals surface area (Å²) in [5.74, 6) is -1.89. The lowest BCUT2D eigenvalue weighted by molar-refractivity contribution is 0.0112. The molecule has 0 radical (unpaired) electrons. The predicted octanol–water partition coefficient (Wildman–Crippen LogP) is 3.78. The molecule has 0 bridgehead atoms. The molecular weight excluding hydrogens is 362 g/mol. The third kappa shape index (κ3) is 4.20. The van der Waals surface area contributed by atoms with E-state index < -0.39 is 5.92 Å². The molecule has 1 aromatic carbocycles. The van der Waals surface area contributed by atoms with Crippen molar-refractivity contribution in [2.24, 2.45) is 0 Å². The molecule has 1 atom stereocenters. The SMILES string of the molecule is COc1ccccc1-c1[nH]ncc1CN1CC(F)(F)C[C@H]1CN1CCCCC1. The minimum absolute atomic E-state index is 0.0641. The molecule has 2 aromatic rings. The Kier molecular flexibility index (Phi) is 5.64. The van der Waals surface area contributed by atoms with E-state index in [0.29, 0.717) is 6.54 Å². The molecule has 7 heteroatoms. The van der Waals surface area contributed by atoms with Gasteiger partial charge in [-0.3, -0.25) is 10.00 Å². The zero-order valence-corrected chi connectivity index (χ0v) is 16.3. The molecule has 4 rings (SSSR count). The average molecular weight is 390 g/mol. The number of ether oxygens (including phenoxy) is 1. The number of likely N-dealkylation sites (tertiary alicyclic amines) is 2. The molecule has 0 unspecified atom stereocenters. The number of alkyl halides is 2. The van der Waals surface area contributed by atoms with Crippen LogP contribution in [0.2, 0.25) is 0 Å². The third-order valence-corrected chi connectivity index (χ3v) is 5.87. The highest BCUT2D eigenvalue weighted by molar-refractivity contribution is 5.69. The maximum Gasteiger partial charge on any atom is 0.262 e. The second-order valence-corrected chi connectivity index (χ2v) is 7.95. The summed E-state index contributed by atoms with van der Waals surface area (Å²) in [4.78, 5) is 4.28. The molecule has 152 valence electrons. The van der Waals surface area contributed by atoms with Crippen molar-refractivity contribution in [1.29, 1.82) is 0 Å². The topological polar surface area (TPSA) is 44.4 Å². The van der Waals surface area contributed by atoms with Gasteiger partial charge in [0.05, 0.1) is 25.5 Å². The van der Waals surface area contributed by atoms with Gasteiger partial charge in [0.25, 0.3) is 5.92 Å². The summed E-state index contributed by atoms with van der Waals surface area (Å²) in [6, 6.07) is 7.57. The summed E-state index contributed by atoms with van der Waals surface area (Å²) < 4.78 is 34.0. The van der Waals surface area contributed by atoms with E-state index in [1.165, 1.54) is 19.3 Å². The number of benzene rings is 1. The van der Waals surface area contributed by atoms with Crippen LogP contribution in [0.3, 0.4) is 0 Å². The quantitative estimate of drug-likeness (QED) is 0.815. The Hall–Kier alpha value is -1.99. The van der Waals surface area contributed by atoms with E-state index in [2.05, 4.69) is 15.1 Å². The van der Waals surface area contributed by atoms with Crippen molar-refractivity contribution in [1.82, 2.24) is 20.0 Å². The van der Waals surface area contributed by atoms with Crippen LogP contribution in [0.1, 0.15) is 31.2 Å². The number of para-hydroxylation sites is 1. The molecule has 28 heavy (non-hydrogen) atoms. The highest BCUT2D eigenvalue weighted by Crippen LogP contribution is 2.36. The summed E-state index contributed by atoms with van der Waals surface area (Å²) >= 11 is 0. The fourth-order valence-electron chi connectivity index (χ4n) is 4.50. The number of hydrogen-bond donors (Lipinski definition) is 1. The van der Waals surface area contributed by atoms with Crippen LogP contribution < -0.4 is 4.74 Å². The van der Waals surface area contributed by atoms with Gasteiger partial charge >= 0.3 is 0 Å². The van der Waals surface area contributed by atoms with Gasteiger partial charge in [0.1, 0.15) is 5.75 Å². The summed E-state index contributed by atoms with van der Waals surface area (Å²) in [6.45, 7) is 3.03. The van der Waals surface area contributed by atoms with Crippen molar-refractivity contribution < 1.29 is 13.5 Å². The molecular formula is C21H28F2N4O. The van der Waals surface area contributed by atoms with Crippen molar-refractivity contribution in [2.75, 3.05) is 33.3 Å². The molecule has 2 fully saturated rings. The van der Waals surface area contributed by atoms with Crippen molar-refractivity contribution in [2.45, 2.75) is 44.2 Å². The van der Waals surface area contributed by atoms with Gasteiger partial charge in [-0.05, 0) is 38.1 Å². The van der Waals surface area contributed by atoms with Crippen LogP contribution in [0.15, 0.2) is 30.5 Å². The number of H-pyrrole nitrogens is 1. The minimum atomic E-state index is -2.63. The standard InChI is InChI=1S/C21H28F2N4O/c1-28-19-8-4-3-7-18(19)20-16(12-24-25-20)13-27-15-21(22,23)11-17(27)14-26-9-5-2-6-10-26/h3-4,7-8,12,17H,2,5-6,9-11,13-15H2,1H3,(H,24,25)/t17-/m0/s1. The Balaban J connectivity index is 1.53. The first kappa shape index (κ1) is 19.3. The van der Waals surface area contributed by atoms with Gasteiger partial charge in [0.2, 0.25) is 0 Å².